The number of nitrogens with zero attached hydrogens (tertiary/aromatic N) is 3. The predicted molar refractivity (Wildman–Crippen MR) is 80.1 cm³/mol. The first-order valence-corrected chi connectivity index (χ1v) is 7.16. The van der Waals surface area contributed by atoms with Crippen molar-refractivity contribution in [3.05, 3.63) is 47.9 Å². The highest BCUT2D eigenvalue weighted by Crippen LogP contribution is 2.16. The minimum atomic E-state index is -0.0541. The van der Waals surface area contributed by atoms with E-state index in [0.717, 1.165) is 17.7 Å². The normalized spacial score (nSPS) is 10.5. The zero-order valence-electron chi connectivity index (χ0n) is 11.0. The molecule has 0 atom stereocenters. The van der Waals surface area contributed by atoms with Crippen LogP contribution in [-0.2, 0) is 7.05 Å². The summed E-state index contributed by atoms with van der Waals surface area (Å²) >= 11 is 3.41. The van der Waals surface area contributed by atoms with Crippen LogP contribution in [0.15, 0.2) is 36.5 Å². The van der Waals surface area contributed by atoms with Crippen molar-refractivity contribution in [3.8, 4) is 0 Å². The number of halogens is 1. The van der Waals surface area contributed by atoms with Crippen LogP contribution in [-0.4, -0.2) is 34.3 Å². The second-order valence-electron chi connectivity index (χ2n) is 4.30. The molecule has 0 fully saturated rings. The van der Waals surface area contributed by atoms with Crippen LogP contribution in [0, 0.1) is 0 Å². The number of rotatable bonds is 5. The van der Waals surface area contributed by atoms with Crippen LogP contribution in [0.5, 0.6) is 0 Å². The van der Waals surface area contributed by atoms with E-state index in [1.807, 2.05) is 36.9 Å². The summed E-state index contributed by atoms with van der Waals surface area (Å²) in [5.74, 6) is 1.34. The van der Waals surface area contributed by atoms with Gasteiger partial charge in [-0.2, -0.15) is 0 Å². The van der Waals surface area contributed by atoms with Crippen LogP contribution in [0.3, 0.4) is 0 Å². The Kier molecular flexibility index (Phi) is 4.37. The molecule has 1 aromatic carbocycles. The molecule has 0 aliphatic carbocycles. The van der Waals surface area contributed by atoms with E-state index in [4.69, 9.17) is 0 Å². The number of imidazole rings is 1. The highest BCUT2D eigenvalue weighted by atomic mass is 79.9. The van der Waals surface area contributed by atoms with Gasteiger partial charge in [0.25, 0.3) is 0 Å². The van der Waals surface area contributed by atoms with Crippen molar-refractivity contribution in [1.82, 2.24) is 9.55 Å². The predicted octanol–water partition coefficient (Wildman–Crippen LogP) is 2.48. The van der Waals surface area contributed by atoms with Crippen molar-refractivity contribution in [2.75, 3.05) is 23.8 Å². The first kappa shape index (κ1) is 13.8. The molecule has 0 aliphatic rings. The third-order valence-corrected chi connectivity index (χ3v) is 3.37. The Balaban J connectivity index is 2.30. The number of anilines is 1. The van der Waals surface area contributed by atoms with E-state index in [9.17, 15) is 4.79 Å². The zero-order valence-corrected chi connectivity index (χ0v) is 12.6. The molecule has 19 heavy (non-hydrogen) atoms. The maximum atomic E-state index is 12.3. The monoisotopic (exact) mass is 321 g/mol. The van der Waals surface area contributed by atoms with Gasteiger partial charge in [0.05, 0.1) is 6.20 Å². The van der Waals surface area contributed by atoms with Gasteiger partial charge in [-0.15, -0.1) is 0 Å². The number of carbonyl (C=O) groups excluding carboxylic acids is 1. The molecule has 0 bridgehead atoms. The van der Waals surface area contributed by atoms with Gasteiger partial charge in [-0.1, -0.05) is 46.3 Å². The minimum Gasteiger partial charge on any atom is -0.359 e. The number of carbonyl (C=O) groups is 1. The maximum Gasteiger partial charge on any atom is 0.228 e. The Hall–Kier alpha value is -1.62. The van der Waals surface area contributed by atoms with Crippen molar-refractivity contribution < 1.29 is 4.79 Å². The van der Waals surface area contributed by atoms with Crippen LogP contribution < -0.4 is 4.90 Å². The lowest BCUT2D eigenvalue weighted by Crippen LogP contribution is -2.22. The third-order valence-electron chi connectivity index (χ3n) is 3.01. The Morgan fingerprint density at radius 2 is 2.05 bits per heavy atom. The van der Waals surface area contributed by atoms with E-state index in [1.165, 1.54) is 0 Å². The Morgan fingerprint density at radius 1 is 1.37 bits per heavy atom. The van der Waals surface area contributed by atoms with Crippen molar-refractivity contribution in [3.63, 3.8) is 0 Å². The quantitative estimate of drug-likeness (QED) is 0.627. The molecule has 100 valence electrons. The SMILES string of the molecule is CN(CCBr)c1cnc(C(=O)c2ccccc2)n1C. The third kappa shape index (κ3) is 2.87. The molecule has 1 aromatic heterocycles. The summed E-state index contributed by atoms with van der Waals surface area (Å²) in [7, 11) is 3.85. The molecule has 2 rings (SSSR count). The van der Waals surface area contributed by atoms with Crippen molar-refractivity contribution in [1.29, 1.82) is 0 Å². The minimum absolute atomic E-state index is 0.0541. The first-order chi connectivity index (χ1) is 9.15. The zero-order chi connectivity index (χ0) is 13.8. The van der Waals surface area contributed by atoms with Gasteiger partial charge in [0.2, 0.25) is 5.78 Å². The van der Waals surface area contributed by atoms with Crippen molar-refractivity contribution in [2.45, 2.75) is 0 Å². The van der Waals surface area contributed by atoms with Crippen LogP contribution in [0.1, 0.15) is 16.2 Å². The van der Waals surface area contributed by atoms with E-state index in [1.54, 1.807) is 18.3 Å². The van der Waals surface area contributed by atoms with Gasteiger partial charge >= 0.3 is 0 Å². The van der Waals surface area contributed by atoms with Crippen LogP contribution in [0.2, 0.25) is 0 Å². The van der Waals surface area contributed by atoms with Gasteiger partial charge in [-0.25, -0.2) is 4.98 Å². The Morgan fingerprint density at radius 3 is 2.68 bits per heavy atom. The van der Waals surface area contributed by atoms with Gasteiger partial charge in [-0.05, 0) is 0 Å². The van der Waals surface area contributed by atoms with Crippen molar-refractivity contribution in [2.24, 2.45) is 7.05 Å². The molecule has 0 saturated heterocycles. The summed E-state index contributed by atoms with van der Waals surface area (Å²) in [5, 5.41) is 0.872. The van der Waals surface area contributed by atoms with Crippen LogP contribution >= 0.6 is 15.9 Å². The fourth-order valence-electron chi connectivity index (χ4n) is 1.93. The van der Waals surface area contributed by atoms with E-state index in [0.29, 0.717) is 11.4 Å². The molecule has 0 radical (unpaired) electrons. The number of hydrogen-bond acceptors (Lipinski definition) is 3. The average molecular weight is 322 g/mol. The lowest BCUT2D eigenvalue weighted by atomic mass is 10.1. The summed E-state index contributed by atoms with van der Waals surface area (Å²) < 4.78 is 1.83. The van der Waals surface area contributed by atoms with Gasteiger partial charge in [0.15, 0.2) is 5.82 Å². The molecule has 0 spiro atoms. The van der Waals surface area contributed by atoms with Crippen molar-refractivity contribution >= 4 is 27.5 Å². The lowest BCUT2D eigenvalue weighted by molar-refractivity contribution is 0.102. The largest absolute Gasteiger partial charge is 0.359 e. The molecular weight excluding hydrogens is 306 g/mol. The second-order valence-corrected chi connectivity index (χ2v) is 5.10. The molecule has 1 heterocycles. The second kappa shape index (κ2) is 6.02. The number of aromatic nitrogens is 2. The topological polar surface area (TPSA) is 38.1 Å². The van der Waals surface area contributed by atoms with E-state index < -0.39 is 0 Å². The van der Waals surface area contributed by atoms with Gasteiger partial charge < -0.3 is 9.47 Å². The number of benzene rings is 1. The maximum absolute atomic E-state index is 12.3. The summed E-state index contributed by atoms with van der Waals surface area (Å²) in [6.07, 6.45) is 1.73. The van der Waals surface area contributed by atoms with Gasteiger partial charge in [-0.3, -0.25) is 4.79 Å². The molecule has 4 nitrogen and oxygen atoms in total. The first-order valence-electron chi connectivity index (χ1n) is 6.03. The molecule has 0 N–H and O–H groups in total. The molecule has 0 unspecified atom stereocenters. The van der Waals surface area contributed by atoms with Crippen LogP contribution in [0.25, 0.3) is 0 Å². The molecule has 0 saturated carbocycles. The van der Waals surface area contributed by atoms with E-state index in [2.05, 4.69) is 25.8 Å². The fraction of sp³-hybridized carbons (Fsp3) is 0.286. The van der Waals surface area contributed by atoms with Gasteiger partial charge in [0.1, 0.15) is 5.82 Å². The average Bonchev–Trinajstić information content (AvgIpc) is 2.81. The molecule has 0 amide bonds. The van der Waals surface area contributed by atoms with Crippen LogP contribution in [0.4, 0.5) is 5.82 Å². The van der Waals surface area contributed by atoms with Gasteiger partial charge in [0, 0.05) is 31.5 Å². The highest BCUT2D eigenvalue weighted by Gasteiger charge is 2.17. The van der Waals surface area contributed by atoms with E-state index >= 15 is 0 Å². The lowest BCUT2D eigenvalue weighted by Gasteiger charge is -2.18. The molecule has 0 aliphatic heterocycles. The number of alkyl halides is 1. The fourth-order valence-corrected chi connectivity index (χ4v) is 2.46. The van der Waals surface area contributed by atoms with E-state index in [-0.39, 0.29) is 5.78 Å². The summed E-state index contributed by atoms with van der Waals surface area (Å²) in [4.78, 5) is 18.7. The smallest absolute Gasteiger partial charge is 0.228 e. The Bertz CT molecular complexity index is 565. The summed E-state index contributed by atoms with van der Waals surface area (Å²) in [5.41, 5.74) is 0.658. The number of ketones is 1. The summed E-state index contributed by atoms with van der Waals surface area (Å²) in [6, 6.07) is 9.21. The Labute approximate surface area is 121 Å². The molecule has 5 heteroatoms. The summed E-state index contributed by atoms with van der Waals surface area (Å²) in [6.45, 7) is 0.860. The molecular formula is C14H16BrN3O. The molecule has 2 aromatic rings. The number of hydrogen-bond donors (Lipinski definition) is 0. The standard InChI is InChI=1S/C14H16BrN3O/c1-17(9-8-15)12-10-16-14(18(12)2)13(19)11-6-4-3-5-7-11/h3-7,10H,8-9H2,1-2H3. The highest BCUT2D eigenvalue weighted by molar-refractivity contribution is 9.09.